The lowest BCUT2D eigenvalue weighted by molar-refractivity contribution is 0.143. The number of ether oxygens (including phenoxy) is 1. The van der Waals surface area contributed by atoms with Gasteiger partial charge >= 0.3 is 6.09 Å². The highest BCUT2D eigenvalue weighted by atomic mass is 32.1. The van der Waals surface area contributed by atoms with E-state index in [0.717, 1.165) is 5.69 Å². The van der Waals surface area contributed by atoms with E-state index in [4.69, 9.17) is 17.0 Å². The number of cyclic esters (lactones) is 1. The summed E-state index contributed by atoms with van der Waals surface area (Å²) in [5, 5.41) is 9.60. The molecule has 0 bridgehead atoms. The van der Waals surface area contributed by atoms with Gasteiger partial charge in [-0.15, -0.1) is 11.3 Å². The fraction of sp³-hybridized carbons (Fsp3) is 0.263. The number of thiazole rings is 1. The molecule has 0 aliphatic carbocycles. The van der Waals surface area contributed by atoms with Crippen LogP contribution in [-0.2, 0) is 11.3 Å². The van der Waals surface area contributed by atoms with Crippen molar-refractivity contribution in [2.45, 2.75) is 19.6 Å². The summed E-state index contributed by atoms with van der Waals surface area (Å²) >= 11 is 6.34. The lowest BCUT2D eigenvalue weighted by atomic mass is 10.2. The van der Waals surface area contributed by atoms with Crippen LogP contribution in [0.25, 0.3) is 10.6 Å². The molecule has 29 heavy (non-hydrogen) atoms. The Morgan fingerprint density at radius 2 is 2.34 bits per heavy atom. The van der Waals surface area contributed by atoms with Gasteiger partial charge in [0, 0.05) is 23.3 Å². The van der Waals surface area contributed by atoms with Crippen molar-refractivity contribution >= 4 is 40.3 Å². The smallest absolute Gasteiger partial charge is 0.414 e. The number of nitrogens with one attached hydrogen (secondary N) is 1. The molecule has 1 aliphatic rings. The lowest BCUT2D eigenvalue weighted by Gasteiger charge is -2.14. The van der Waals surface area contributed by atoms with E-state index in [-0.39, 0.29) is 6.10 Å². The number of carbonyl (C=O) groups excluding carboxylic acids is 1. The molecule has 0 radical (unpaired) electrons. The van der Waals surface area contributed by atoms with Crippen LogP contribution in [-0.4, -0.2) is 45.0 Å². The Balaban J connectivity index is 1.48. The molecule has 1 atom stereocenters. The van der Waals surface area contributed by atoms with Gasteiger partial charge in [-0.3, -0.25) is 9.58 Å². The van der Waals surface area contributed by atoms with E-state index in [1.807, 2.05) is 17.6 Å². The lowest BCUT2D eigenvalue weighted by Crippen LogP contribution is -2.32. The van der Waals surface area contributed by atoms with E-state index in [0.29, 0.717) is 40.9 Å². The second kappa shape index (κ2) is 8.26. The summed E-state index contributed by atoms with van der Waals surface area (Å²) in [7, 11) is 0. The van der Waals surface area contributed by atoms with Gasteiger partial charge in [0.15, 0.2) is 0 Å². The molecule has 2 aromatic heterocycles. The third-order valence-electron chi connectivity index (χ3n) is 4.38. The van der Waals surface area contributed by atoms with E-state index >= 15 is 0 Å². The minimum atomic E-state index is -0.498. The van der Waals surface area contributed by atoms with E-state index in [9.17, 15) is 9.18 Å². The molecule has 1 N–H and O–H groups in total. The molecule has 1 unspecified atom stereocenters. The highest BCUT2D eigenvalue weighted by Crippen LogP contribution is 2.31. The van der Waals surface area contributed by atoms with Crippen molar-refractivity contribution in [3.05, 3.63) is 53.6 Å². The average Bonchev–Trinajstić information content (AvgIpc) is 3.42. The molecular weight excluding hydrogens is 413 g/mol. The average molecular weight is 432 g/mol. The van der Waals surface area contributed by atoms with Gasteiger partial charge in [-0.1, -0.05) is 12.2 Å². The van der Waals surface area contributed by atoms with Crippen LogP contribution in [0.5, 0.6) is 0 Å². The maximum absolute atomic E-state index is 14.8. The van der Waals surface area contributed by atoms with Crippen molar-refractivity contribution in [2.24, 2.45) is 0 Å². The molecule has 1 aromatic carbocycles. The van der Waals surface area contributed by atoms with Crippen molar-refractivity contribution in [2.75, 3.05) is 18.0 Å². The maximum Gasteiger partial charge on any atom is 0.414 e. The SMILES string of the molecule is CC(=S)NCC1CN(c2ccc(-c3nc(Cn4cccn4)cs3)c(F)c2)C(=O)O1. The number of hydrogen-bond donors (Lipinski definition) is 1. The van der Waals surface area contributed by atoms with E-state index in [2.05, 4.69) is 15.4 Å². The van der Waals surface area contributed by atoms with Crippen molar-refractivity contribution in [3.63, 3.8) is 0 Å². The van der Waals surface area contributed by atoms with Crippen molar-refractivity contribution in [1.82, 2.24) is 20.1 Å². The van der Waals surface area contributed by atoms with Gasteiger partial charge in [0.1, 0.15) is 16.9 Å². The van der Waals surface area contributed by atoms with Crippen LogP contribution in [0.15, 0.2) is 42.0 Å². The Bertz CT molecular complexity index is 1040. The molecule has 7 nitrogen and oxygen atoms in total. The van der Waals surface area contributed by atoms with Crippen molar-refractivity contribution in [3.8, 4) is 10.6 Å². The van der Waals surface area contributed by atoms with Gasteiger partial charge in [0.25, 0.3) is 0 Å². The number of anilines is 1. The zero-order chi connectivity index (χ0) is 20.4. The van der Waals surface area contributed by atoms with Crippen molar-refractivity contribution in [1.29, 1.82) is 0 Å². The molecule has 1 saturated heterocycles. The van der Waals surface area contributed by atoms with Gasteiger partial charge in [-0.25, -0.2) is 14.2 Å². The minimum Gasteiger partial charge on any atom is -0.442 e. The van der Waals surface area contributed by atoms with E-state index in [1.54, 1.807) is 29.9 Å². The number of amides is 1. The largest absolute Gasteiger partial charge is 0.442 e. The standard InChI is InChI=1S/C19H18FN5O2S2/c1-12(28)21-8-15-10-25(19(26)27-15)14-3-4-16(17(20)7-14)18-23-13(11-29-18)9-24-6-2-5-22-24/h2-7,11,15H,8-10H2,1H3,(H,21,28). The Morgan fingerprint density at radius 3 is 3.07 bits per heavy atom. The molecule has 4 rings (SSSR count). The number of carbonyl (C=O) groups is 1. The van der Waals surface area contributed by atoms with Crippen LogP contribution in [0.4, 0.5) is 14.9 Å². The van der Waals surface area contributed by atoms with Gasteiger partial charge < -0.3 is 10.1 Å². The first-order chi connectivity index (χ1) is 14.0. The fourth-order valence-corrected chi connectivity index (χ4v) is 3.93. The fourth-order valence-electron chi connectivity index (χ4n) is 3.00. The number of rotatable bonds is 6. The van der Waals surface area contributed by atoms with Crippen LogP contribution in [0.3, 0.4) is 0 Å². The summed E-state index contributed by atoms with van der Waals surface area (Å²) < 4.78 is 21.9. The molecule has 0 saturated carbocycles. The molecular formula is C19H18FN5O2S2. The number of aromatic nitrogens is 3. The normalized spacial score (nSPS) is 16.1. The number of nitrogens with zero attached hydrogens (tertiary/aromatic N) is 4. The van der Waals surface area contributed by atoms with Gasteiger partial charge in [0.2, 0.25) is 0 Å². The minimum absolute atomic E-state index is 0.332. The molecule has 1 aliphatic heterocycles. The third kappa shape index (κ3) is 4.43. The Morgan fingerprint density at radius 1 is 1.48 bits per heavy atom. The topological polar surface area (TPSA) is 72.3 Å². The molecule has 150 valence electrons. The summed E-state index contributed by atoms with van der Waals surface area (Å²) in [5.41, 5.74) is 1.66. The molecule has 3 aromatic rings. The van der Waals surface area contributed by atoms with Crippen molar-refractivity contribution < 1.29 is 13.9 Å². The second-order valence-electron chi connectivity index (χ2n) is 6.57. The quantitative estimate of drug-likeness (QED) is 0.603. The van der Waals surface area contributed by atoms with Crippen LogP contribution < -0.4 is 10.2 Å². The summed E-state index contributed by atoms with van der Waals surface area (Å²) in [6.45, 7) is 3.05. The molecule has 1 amide bonds. The zero-order valence-corrected chi connectivity index (χ0v) is 17.2. The van der Waals surface area contributed by atoms with Gasteiger partial charge in [-0.2, -0.15) is 5.10 Å². The molecule has 3 heterocycles. The van der Waals surface area contributed by atoms with Crippen LogP contribution in [0, 0.1) is 5.82 Å². The Hall–Kier alpha value is -2.85. The molecule has 0 spiro atoms. The first kappa shape index (κ1) is 19.5. The predicted molar refractivity (Wildman–Crippen MR) is 113 cm³/mol. The summed E-state index contributed by atoms with van der Waals surface area (Å²) in [6.07, 6.45) is 2.71. The monoisotopic (exact) mass is 431 g/mol. The maximum atomic E-state index is 14.8. The van der Waals surface area contributed by atoms with Gasteiger partial charge in [0.05, 0.1) is 36.0 Å². The first-order valence-corrected chi connectivity index (χ1v) is 10.2. The number of halogens is 1. The van der Waals surface area contributed by atoms with Gasteiger partial charge in [-0.05, 0) is 31.2 Å². The van der Waals surface area contributed by atoms with Crippen LogP contribution in [0.1, 0.15) is 12.6 Å². The number of benzene rings is 1. The Kier molecular flexibility index (Phi) is 5.54. The Labute approximate surface area is 176 Å². The van der Waals surface area contributed by atoms with Crippen LogP contribution >= 0.6 is 23.6 Å². The summed E-state index contributed by atoms with van der Waals surface area (Å²) in [4.78, 5) is 18.7. The zero-order valence-electron chi connectivity index (χ0n) is 15.5. The highest BCUT2D eigenvalue weighted by molar-refractivity contribution is 7.80. The van der Waals surface area contributed by atoms with E-state index < -0.39 is 11.9 Å². The number of thiocarbonyl (C=S) groups is 1. The predicted octanol–water partition coefficient (Wildman–Crippen LogP) is 3.46. The summed E-state index contributed by atoms with van der Waals surface area (Å²) in [6, 6.07) is 6.52. The number of hydrogen-bond acceptors (Lipinski definition) is 6. The molecule has 1 fully saturated rings. The summed E-state index contributed by atoms with van der Waals surface area (Å²) in [5.74, 6) is -0.438. The van der Waals surface area contributed by atoms with E-state index in [1.165, 1.54) is 22.3 Å². The second-order valence-corrected chi connectivity index (χ2v) is 8.04. The third-order valence-corrected chi connectivity index (χ3v) is 5.45. The van der Waals surface area contributed by atoms with Crippen LogP contribution in [0.2, 0.25) is 0 Å². The highest BCUT2D eigenvalue weighted by Gasteiger charge is 2.32. The first-order valence-electron chi connectivity index (χ1n) is 8.94. The molecule has 10 heteroatoms.